The minimum Gasteiger partial charge on any atom is -0.385 e. The van der Waals surface area contributed by atoms with Gasteiger partial charge in [0, 0.05) is 12.2 Å². The van der Waals surface area contributed by atoms with Crippen molar-refractivity contribution in [2.24, 2.45) is 11.1 Å². The summed E-state index contributed by atoms with van der Waals surface area (Å²) in [5.41, 5.74) is 8.44. The largest absolute Gasteiger partial charge is 0.385 e. The van der Waals surface area contributed by atoms with Gasteiger partial charge in [-0.05, 0) is 48.2 Å². The highest BCUT2D eigenvalue weighted by atomic mass is 14.9. The molecule has 2 heteroatoms. The maximum atomic E-state index is 5.75. The molecule has 0 unspecified atom stereocenters. The van der Waals surface area contributed by atoms with Gasteiger partial charge >= 0.3 is 0 Å². The average molecular weight is 256 g/mol. The normalized spacial score (nSPS) is 11.8. The number of hydrogen-bond acceptors (Lipinski definition) is 2. The molecule has 102 valence electrons. The molecule has 0 aliphatic rings. The van der Waals surface area contributed by atoms with Crippen LogP contribution in [0, 0.1) is 12.3 Å². The first-order valence-corrected chi connectivity index (χ1v) is 6.94. The Morgan fingerprint density at radius 1 is 1.05 bits per heavy atom. The molecular weight excluding hydrogens is 232 g/mol. The SMILES string of the molecule is Cc1ccc2cc(NCCC(C)(C)CN)ccc2c1. The molecule has 0 aromatic heterocycles. The van der Waals surface area contributed by atoms with Gasteiger partial charge in [0.05, 0.1) is 0 Å². The fourth-order valence-corrected chi connectivity index (χ4v) is 2.12. The van der Waals surface area contributed by atoms with Crippen LogP contribution in [0.3, 0.4) is 0 Å². The molecule has 0 radical (unpaired) electrons. The molecule has 0 saturated heterocycles. The van der Waals surface area contributed by atoms with Crippen molar-refractivity contribution in [2.45, 2.75) is 27.2 Å². The Bertz CT molecular complexity index is 558. The monoisotopic (exact) mass is 256 g/mol. The second-order valence-corrected chi connectivity index (χ2v) is 6.11. The Morgan fingerprint density at radius 3 is 2.47 bits per heavy atom. The van der Waals surface area contributed by atoms with Gasteiger partial charge in [-0.3, -0.25) is 0 Å². The maximum Gasteiger partial charge on any atom is 0.0346 e. The Morgan fingerprint density at radius 2 is 1.74 bits per heavy atom. The van der Waals surface area contributed by atoms with Crippen molar-refractivity contribution in [2.75, 3.05) is 18.4 Å². The second kappa shape index (κ2) is 5.62. The lowest BCUT2D eigenvalue weighted by Gasteiger charge is -2.22. The van der Waals surface area contributed by atoms with Crippen molar-refractivity contribution in [1.82, 2.24) is 0 Å². The molecule has 2 nitrogen and oxygen atoms in total. The Hall–Kier alpha value is -1.54. The summed E-state index contributed by atoms with van der Waals surface area (Å²) >= 11 is 0. The van der Waals surface area contributed by atoms with Gasteiger partial charge in [0.1, 0.15) is 0 Å². The van der Waals surface area contributed by atoms with E-state index in [1.54, 1.807) is 0 Å². The van der Waals surface area contributed by atoms with Gasteiger partial charge in [0.2, 0.25) is 0 Å². The summed E-state index contributed by atoms with van der Waals surface area (Å²) in [5, 5.41) is 6.07. The van der Waals surface area contributed by atoms with E-state index < -0.39 is 0 Å². The van der Waals surface area contributed by atoms with Crippen LogP contribution in [-0.4, -0.2) is 13.1 Å². The molecule has 0 bridgehead atoms. The van der Waals surface area contributed by atoms with E-state index in [1.165, 1.54) is 22.0 Å². The molecular formula is C17H24N2. The Kier molecular flexibility index (Phi) is 4.11. The third kappa shape index (κ3) is 3.71. The predicted octanol–water partition coefficient (Wildman–Crippen LogP) is 3.94. The highest BCUT2D eigenvalue weighted by Gasteiger charge is 2.14. The van der Waals surface area contributed by atoms with Gasteiger partial charge in [0.15, 0.2) is 0 Å². The van der Waals surface area contributed by atoms with Crippen LogP contribution in [0.2, 0.25) is 0 Å². The molecule has 0 heterocycles. The molecule has 0 amide bonds. The summed E-state index contributed by atoms with van der Waals surface area (Å²) in [6.45, 7) is 8.23. The van der Waals surface area contributed by atoms with Gasteiger partial charge in [-0.1, -0.05) is 43.7 Å². The topological polar surface area (TPSA) is 38.0 Å². The number of rotatable bonds is 5. The summed E-state index contributed by atoms with van der Waals surface area (Å²) < 4.78 is 0. The van der Waals surface area contributed by atoms with Crippen LogP contribution in [0.5, 0.6) is 0 Å². The minimum absolute atomic E-state index is 0.209. The van der Waals surface area contributed by atoms with E-state index in [-0.39, 0.29) is 5.41 Å². The molecule has 0 fully saturated rings. The zero-order valence-corrected chi connectivity index (χ0v) is 12.2. The second-order valence-electron chi connectivity index (χ2n) is 6.11. The maximum absolute atomic E-state index is 5.75. The predicted molar refractivity (Wildman–Crippen MR) is 84.6 cm³/mol. The van der Waals surface area contributed by atoms with E-state index in [9.17, 15) is 0 Å². The number of anilines is 1. The van der Waals surface area contributed by atoms with Crippen LogP contribution in [0.1, 0.15) is 25.8 Å². The number of fused-ring (bicyclic) bond motifs is 1. The molecule has 19 heavy (non-hydrogen) atoms. The van der Waals surface area contributed by atoms with Crippen LogP contribution in [0.25, 0.3) is 10.8 Å². The Labute approximate surface area is 116 Å². The van der Waals surface area contributed by atoms with Gasteiger partial charge < -0.3 is 11.1 Å². The zero-order valence-electron chi connectivity index (χ0n) is 12.2. The van der Waals surface area contributed by atoms with Crippen molar-refractivity contribution in [1.29, 1.82) is 0 Å². The number of nitrogens with one attached hydrogen (secondary N) is 1. The average Bonchev–Trinajstić information content (AvgIpc) is 2.39. The first-order chi connectivity index (χ1) is 9.00. The summed E-state index contributed by atoms with van der Waals surface area (Å²) in [6.07, 6.45) is 1.08. The molecule has 2 aromatic carbocycles. The first kappa shape index (κ1) is 13.9. The molecule has 3 N–H and O–H groups in total. The van der Waals surface area contributed by atoms with Crippen LogP contribution in [0.15, 0.2) is 36.4 Å². The number of benzene rings is 2. The first-order valence-electron chi connectivity index (χ1n) is 6.94. The van der Waals surface area contributed by atoms with E-state index in [2.05, 4.69) is 62.5 Å². The minimum atomic E-state index is 0.209. The summed E-state index contributed by atoms with van der Waals surface area (Å²) in [4.78, 5) is 0. The van der Waals surface area contributed by atoms with E-state index in [0.29, 0.717) is 0 Å². The molecule has 0 saturated carbocycles. The van der Waals surface area contributed by atoms with Crippen molar-refractivity contribution in [3.8, 4) is 0 Å². The summed E-state index contributed by atoms with van der Waals surface area (Å²) in [6, 6.07) is 13.1. The van der Waals surface area contributed by atoms with E-state index in [0.717, 1.165) is 19.5 Å². The smallest absolute Gasteiger partial charge is 0.0346 e. The van der Waals surface area contributed by atoms with Crippen molar-refractivity contribution >= 4 is 16.5 Å². The van der Waals surface area contributed by atoms with Gasteiger partial charge in [-0.25, -0.2) is 0 Å². The molecule has 2 rings (SSSR count). The molecule has 0 aliphatic heterocycles. The van der Waals surface area contributed by atoms with E-state index in [1.807, 2.05) is 0 Å². The third-order valence-corrected chi connectivity index (χ3v) is 3.68. The van der Waals surface area contributed by atoms with Crippen LogP contribution < -0.4 is 11.1 Å². The van der Waals surface area contributed by atoms with Crippen molar-refractivity contribution in [3.05, 3.63) is 42.0 Å². The fraction of sp³-hybridized carbons (Fsp3) is 0.412. The van der Waals surface area contributed by atoms with Crippen LogP contribution in [0.4, 0.5) is 5.69 Å². The van der Waals surface area contributed by atoms with Gasteiger partial charge in [-0.15, -0.1) is 0 Å². The zero-order chi connectivity index (χ0) is 13.9. The van der Waals surface area contributed by atoms with Gasteiger partial charge in [0.25, 0.3) is 0 Å². The van der Waals surface area contributed by atoms with E-state index in [4.69, 9.17) is 5.73 Å². The standard InChI is InChI=1S/C17H24N2/c1-13-4-5-15-11-16(7-6-14(15)10-13)19-9-8-17(2,3)12-18/h4-7,10-11,19H,8-9,12,18H2,1-3H3. The van der Waals surface area contributed by atoms with Crippen LogP contribution in [-0.2, 0) is 0 Å². The Balaban J connectivity index is 2.04. The third-order valence-electron chi connectivity index (χ3n) is 3.68. The lowest BCUT2D eigenvalue weighted by atomic mass is 9.90. The highest BCUT2D eigenvalue weighted by Crippen LogP contribution is 2.22. The van der Waals surface area contributed by atoms with Gasteiger partial charge in [-0.2, -0.15) is 0 Å². The number of nitrogens with two attached hydrogens (primary N) is 1. The lowest BCUT2D eigenvalue weighted by molar-refractivity contribution is 0.358. The quantitative estimate of drug-likeness (QED) is 0.850. The van der Waals surface area contributed by atoms with Crippen molar-refractivity contribution < 1.29 is 0 Å². The van der Waals surface area contributed by atoms with E-state index >= 15 is 0 Å². The number of hydrogen-bond donors (Lipinski definition) is 2. The fourth-order valence-electron chi connectivity index (χ4n) is 2.12. The van der Waals surface area contributed by atoms with Crippen LogP contribution >= 0.6 is 0 Å². The highest BCUT2D eigenvalue weighted by molar-refractivity contribution is 5.86. The summed E-state index contributed by atoms with van der Waals surface area (Å²) in [5.74, 6) is 0. The molecule has 0 aliphatic carbocycles. The summed E-state index contributed by atoms with van der Waals surface area (Å²) in [7, 11) is 0. The lowest BCUT2D eigenvalue weighted by Crippen LogP contribution is -2.26. The molecule has 2 aromatic rings. The number of aryl methyl sites for hydroxylation is 1. The molecule has 0 atom stereocenters. The van der Waals surface area contributed by atoms with Crippen molar-refractivity contribution in [3.63, 3.8) is 0 Å². The molecule has 0 spiro atoms.